The van der Waals surface area contributed by atoms with Crippen molar-refractivity contribution in [3.05, 3.63) is 0 Å². The normalized spacial score (nSPS) is 10.9. The Morgan fingerprint density at radius 2 is 1.67 bits per heavy atom. The van der Waals surface area contributed by atoms with Gasteiger partial charge in [0.25, 0.3) is 0 Å². The largest absolute Gasteiger partial charge is 0.294 e. The van der Waals surface area contributed by atoms with Crippen molar-refractivity contribution >= 4 is 0 Å². The summed E-state index contributed by atoms with van der Waals surface area (Å²) in [6.07, 6.45) is 0. The summed E-state index contributed by atoms with van der Waals surface area (Å²) in [6, 6.07) is 0. The fourth-order valence-electron chi connectivity index (χ4n) is 0.418. The highest BCUT2D eigenvalue weighted by Crippen LogP contribution is 2.06. The summed E-state index contributed by atoms with van der Waals surface area (Å²) in [6.45, 7) is 6.07. The van der Waals surface area contributed by atoms with Gasteiger partial charge in [-0.1, -0.05) is 5.92 Å². The van der Waals surface area contributed by atoms with Gasteiger partial charge in [0.15, 0.2) is 0 Å². The maximum Gasteiger partial charge on any atom is 0.0763 e. The van der Waals surface area contributed by atoms with Crippen LogP contribution in [0.5, 0.6) is 0 Å². The first-order chi connectivity index (χ1) is 4.00. The summed E-state index contributed by atoms with van der Waals surface area (Å²) >= 11 is 0. The predicted molar refractivity (Wildman–Crippen MR) is 41.2 cm³/mol. The molecule has 0 aromatic carbocycles. The summed E-state index contributed by atoms with van der Waals surface area (Å²) in [7, 11) is 4.06. The summed E-state index contributed by atoms with van der Waals surface area (Å²) in [4.78, 5) is 2.10. The van der Waals surface area contributed by atoms with E-state index in [1.807, 2.05) is 21.0 Å². The molecule has 0 unspecified atom stereocenters. The topological polar surface area (TPSA) is 3.24 Å². The molecule has 0 radical (unpaired) electrons. The molecule has 0 heterocycles. The zero-order chi connectivity index (χ0) is 7.49. The average molecular weight is 125 g/mol. The standard InChI is InChI=1S/C8H15N/c1-6-7-8(2,3)9(4)5/h1-5H3. The molecular weight excluding hydrogens is 110 g/mol. The van der Waals surface area contributed by atoms with E-state index >= 15 is 0 Å². The van der Waals surface area contributed by atoms with Crippen LogP contribution in [-0.4, -0.2) is 24.5 Å². The van der Waals surface area contributed by atoms with Gasteiger partial charge in [-0.3, -0.25) is 4.90 Å². The molecule has 52 valence electrons. The third kappa shape index (κ3) is 2.53. The van der Waals surface area contributed by atoms with Crippen LogP contribution in [0.25, 0.3) is 0 Å². The van der Waals surface area contributed by atoms with E-state index in [0.717, 1.165) is 0 Å². The van der Waals surface area contributed by atoms with Gasteiger partial charge in [0.1, 0.15) is 0 Å². The van der Waals surface area contributed by atoms with Gasteiger partial charge in [-0.25, -0.2) is 0 Å². The summed E-state index contributed by atoms with van der Waals surface area (Å²) in [5.74, 6) is 5.99. The van der Waals surface area contributed by atoms with Crippen molar-refractivity contribution in [2.45, 2.75) is 26.3 Å². The lowest BCUT2D eigenvalue weighted by molar-refractivity contribution is 0.263. The third-order valence-corrected chi connectivity index (χ3v) is 1.55. The van der Waals surface area contributed by atoms with Crippen molar-refractivity contribution in [2.75, 3.05) is 14.1 Å². The summed E-state index contributed by atoms with van der Waals surface area (Å²) < 4.78 is 0. The molecule has 0 saturated carbocycles. The molecule has 0 aliphatic carbocycles. The Morgan fingerprint density at radius 1 is 1.22 bits per heavy atom. The van der Waals surface area contributed by atoms with Gasteiger partial charge in [0.2, 0.25) is 0 Å². The van der Waals surface area contributed by atoms with E-state index in [2.05, 4.69) is 30.6 Å². The molecular formula is C8H15N. The molecule has 1 heteroatoms. The van der Waals surface area contributed by atoms with Gasteiger partial charge < -0.3 is 0 Å². The molecule has 0 spiro atoms. The molecule has 0 N–H and O–H groups in total. The van der Waals surface area contributed by atoms with E-state index in [0.29, 0.717) is 0 Å². The summed E-state index contributed by atoms with van der Waals surface area (Å²) in [5.41, 5.74) is 0.0226. The SMILES string of the molecule is CC#CC(C)(C)N(C)C. The molecule has 1 nitrogen and oxygen atoms in total. The lowest BCUT2D eigenvalue weighted by Gasteiger charge is -2.26. The quantitative estimate of drug-likeness (QED) is 0.478. The van der Waals surface area contributed by atoms with Crippen LogP contribution in [-0.2, 0) is 0 Å². The first-order valence-electron chi connectivity index (χ1n) is 3.12. The van der Waals surface area contributed by atoms with Gasteiger partial charge >= 0.3 is 0 Å². The monoisotopic (exact) mass is 125 g/mol. The molecule has 0 fully saturated rings. The van der Waals surface area contributed by atoms with Crippen molar-refractivity contribution < 1.29 is 0 Å². The highest BCUT2D eigenvalue weighted by atomic mass is 15.1. The Kier molecular flexibility index (Phi) is 2.73. The number of hydrogen-bond donors (Lipinski definition) is 0. The molecule has 0 aromatic rings. The fraction of sp³-hybridized carbons (Fsp3) is 0.750. The minimum atomic E-state index is 0.0226. The van der Waals surface area contributed by atoms with Gasteiger partial charge in [-0.2, -0.15) is 0 Å². The second-order valence-corrected chi connectivity index (χ2v) is 2.83. The third-order valence-electron chi connectivity index (χ3n) is 1.55. The highest BCUT2D eigenvalue weighted by Gasteiger charge is 2.15. The molecule has 0 aromatic heterocycles. The highest BCUT2D eigenvalue weighted by molar-refractivity contribution is 5.12. The minimum absolute atomic E-state index is 0.0226. The Bertz CT molecular complexity index is 134. The van der Waals surface area contributed by atoms with Crippen molar-refractivity contribution in [1.29, 1.82) is 0 Å². The van der Waals surface area contributed by atoms with Crippen molar-refractivity contribution in [1.82, 2.24) is 4.90 Å². The number of hydrogen-bond acceptors (Lipinski definition) is 1. The first-order valence-corrected chi connectivity index (χ1v) is 3.12. The fourth-order valence-corrected chi connectivity index (χ4v) is 0.418. The first kappa shape index (κ1) is 8.52. The van der Waals surface area contributed by atoms with Crippen LogP contribution in [0.1, 0.15) is 20.8 Å². The van der Waals surface area contributed by atoms with Crippen LogP contribution in [0.4, 0.5) is 0 Å². The second kappa shape index (κ2) is 2.89. The van der Waals surface area contributed by atoms with Crippen LogP contribution < -0.4 is 0 Å². The maximum atomic E-state index is 3.10. The van der Waals surface area contributed by atoms with E-state index < -0.39 is 0 Å². The van der Waals surface area contributed by atoms with Crippen LogP contribution in [0.2, 0.25) is 0 Å². The van der Waals surface area contributed by atoms with Crippen LogP contribution in [0.15, 0.2) is 0 Å². The summed E-state index contributed by atoms with van der Waals surface area (Å²) in [5, 5.41) is 0. The van der Waals surface area contributed by atoms with Crippen molar-refractivity contribution in [2.24, 2.45) is 0 Å². The Morgan fingerprint density at radius 3 is 1.78 bits per heavy atom. The van der Waals surface area contributed by atoms with Gasteiger partial charge in [0.05, 0.1) is 5.54 Å². The van der Waals surface area contributed by atoms with Crippen LogP contribution >= 0.6 is 0 Å². The zero-order valence-corrected chi connectivity index (χ0v) is 6.95. The average Bonchev–Trinajstić information content (AvgIpc) is 1.65. The zero-order valence-electron chi connectivity index (χ0n) is 6.95. The van der Waals surface area contributed by atoms with E-state index in [4.69, 9.17) is 0 Å². The van der Waals surface area contributed by atoms with E-state index in [-0.39, 0.29) is 5.54 Å². The lowest BCUT2D eigenvalue weighted by Crippen LogP contribution is -2.36. The molecule has 0 amide bonds. The smallest absolute Gasteiger partial charge is 0.0763 e. The maximum absolute atomic E-state index is 3.10. The molecule has 0 aliphatic heterocycles. The minimum Gasteiger partial charge on any atom is -0.294 e. The molecule has 0 bridgehead atoms. The molecule has 0 rings (SSSR count). The van der Waals surface area contributed by atoms with E-state index in [9.17, 15) is 0 Å². The molecule has 9 heavy (non-hydrogen) atoms. The Hall–Kier alpha value is -0.480. The van der Waals surface area contributed by atoms with Crippen molar-refractivity contribution in [3.8, 4) is 11.8 Å². The van der Waals surface area contributed by atoms with Gasteiger partial charge in [-0.05, 0) is 34.9 Å². The van der Waals surface area contributed by atoms with E-state index in [1.54, 1.807) is 0 Å². The Balaban J connectivity index is 4.13. The van der Waals surface area contributed by atoms with Crippen molar-refractivity contribution in [3.63, 3.8) is 0 Å². The molecule has 0 atom stereocenters. The van der Waals surface area contributed by atoms with E-state index in [1.165, 1.54) is 0 Å². The van der Waals surface area contributed by atoms with Gasteiger partial charge in [-0.15, -0.1) is 5.92 Å². The number of rotatable bonds is 1. The lowest BCUT2D eigenvalue weighted by atomic mass is 10.1. The van der Waals surface area contributed by atoms with Gasteiger partial charge in [0, 0.05) is 0 Å². The van der Waals surface area contributed by atoms with Crippen LogP contribution in [0, 0.1) is 11.8 Å². The number of nitrogens with zero attached hydrogens (tertiary/aromatic N) is 1. The molecule has 0 aliphatic rings. The van der Waals surface area contributed by atoms with Crippen LogP contribution in [0.3, 0.4) is 0 Å². The predicted octanol–water partition coefficient (Wildman–Crippen LogP) is 1.35. The Labute approximate surface area is 58.1 Å². The second-order valence-electron chi connectivity index (χ2n) is 2.83. The molecule has 0 saturated heterocycles.